The van der Waals surface area contributed by atoms with Gasteiger partial charge in [0.15, 0.2) is 15.1 Å². The van der Waals surface area contributed by atoms with Crippen molar-refractivity contribution in [2.75, 3.05) is 12.9 Å². The zero-order valence-corrected chi connectivity index (χ0v) is 12.2. The molecule has 1 aromatic carbocycles. The van der Waals surface area contributed by atoms with Crippen molar-refractivity contribution in [1.82, 2.24) is 0 Å². The first-order valence-corrected chi connectivity index (χ1v) is 8.12. The SMILES string of the molecule is COC(=O)[C@@H]1[C@H](c2ccc([N+](=O)[O-])cc2)CCCS1(=O)=O. The molecule has 1 saturated heterocycles. The van der Waals surface area contributed by atoms with Gasteiger partial charge >= 0.3 is 5.97 Å². The number of carbonyl (C=O) groups excluding carboxylic acids is 1. The molecule has 0 saturated carbocycles. The molecule has 1 fully saturated rings. The van der Waals surface area contributed by atoms with Gasteiger partial charge in [-0.05, 0) is 18.4 Å². The van der Waals surface area contributed by atoms with Crippen LogP contribution in [0.1, 0.15) is 24.3 Å². The molecule has 2 atom stereocenters. The second kappa shape index (κ2) is 5.80. The maximum atomic E-state index is 12.1. The highest BCUT2D eigenvalue weighted by Crippen LogP contribution is 2.35. The maximum Gasteiger partial charge on any atom is 0.324 e. The van der Waals surface area contributed by atoms with Gasteiger partial charge in [-0.2, -0.15) is 0 Å². The highest BCUT2D eigenvalue weighted by atomic mass is 32.2. The van der Waals surface area contributed by atoms with E-state index >= 15 is 0 Å². The average molecular weight is 313 g/mol. The lowest BCUT2D eigenvalue weighted by Gasteiger charge is -2.29. The highest BCUT2D eigenvalue weighted by Gasteiger charge is 2.43. The van der Waals surface area contributed by atoms with Gasteiger partial charge in [0, 0.05) is 18.1 Å². The van der Waals surface area contributed by atoms with E-state index in [1.807, 2.05) is 0 Å². The minimum absolute atomic E-state index is 0.0454. The summed E-state index contributed by atoms with van der Waals surface area (Å²) < 4.78 is 28.9. The van der Waals surface area contributed by atoms with Crippen LogP contribution in [0.15, 0.2) is 24.3 Å². The topological polar surface area (TPSA) is 104 Å². The lowest BCUT2D eigenvalue weighted by Crippen LogP contribution is -2.41. The first-order valence-electron chi connectivity index (χ1n) is 6.40. The molecule has 0 amide bonds. The van der Waals surface area contributed by atoms with Crippen LogP contribution < -0.4 is 0 Å². The largest absolute Gasteiger partial charge is 0.468 e. The molecule has 2 rings (SSSR count). The molecule has 114 valence electrons. The zero-order chi connectivity index (χ0) is 15.6. The summed E-state index contributed by atoms with van der Waals surface area (Å²) >= 11 is 0. The minimum Gasteiger partial charge on any atom is -0.468 e. The third-order valence-corrected chi connectivity index (χ3v) is 5.81. The fourth-order valence-electron chi connectivity index (χ4n) is 2.64. The quantitative estimate of drug-likeness (QED) is 0.475. The molecule has 0 aromatic heterocycles. The number of hydrogen-bond donors (Lipinski definition) is 0. The third kappa shape index (κ3) is 3.05. The summed E-state index contributed by atoms with van der Waals surface area (Å²) in [4.78, 5) is 21.9. The number of nitrogens with zero attached hydrogens (tertiary/aromatic N) is 1. The standard InChI is InChI=1S/C13H15NO6S/c1-20-13(15)12-11(3-2-8-21(12,18)19)9-4-6-10(7-5-9)14(16)17/h4-7,11-12H,2-3,8H2,1H3/t11-,12-/m0/s1. The van der Waals surface area contributed by atoms with Crippen LogP contribution in [0, 0.1) is 10.1 Å². The van der Waals surface area contributed by atoms with E-state index in [4.69, 9.17) is 0 Å². The Bertz CT molecular complexity index is 652. The molecular weight excluding hydrogens is 298 g/mol. The molecule has 0 bridgehead atoms. The van der Waals surface area contributed by atoms with Crippen LogP contribution in [-0.4, -0.2) is 37.4 Å². The Hall–Kier alpha value is -1.96. The number of sulfone groups is 1. The fraction of sp³-hybridized carbons (Fsp3) is 0.462. The Labute approximate surface area is 122 Å². The number of carbonyl (C=O) groups is 1. The predicted octanol–water partition coefficient (Wildman–Crippen LogP) is 1.43. The zero-order valence-electron chi connectivity index (χ0n) is 11.4. The molecule has 0 spiro atoms. The summed E-state index contributed by atoms with van der Waals surface area (Å²) in [7, 11) is -2.41. The molecule has 1 heterocycles. The van der Waals surface area contributed by atoms with Crippen molar-refractivity contribution in [2.24, 2.45) is 0 Å². The first-order chi connectivity index (χ1) is 9.86. The Morgan fingerprint density at radius 1 is 1.33 bits per heavy atom. The van der Waals surface area contributed by atoms with Crippen LogP contribution >= 0.6 is 0 Å². The van der Waals surface area contributed by atoms with Gasteiger partial charge < -0.3 is 4.74 Å². The van der Waals surface area contributed by atoms with E-state index in [0.29, 0.717) is 18.4 Å². The van der Waals surface area contributed by atoms with Gasteiger partial charge in [0.25, 0.3) is 5.69 Å². The number of rotatable bonds is 3. The molecule has 0 N–H and O–H groups in total. The van der Waals surface area contributed by atoms with Crippen molar-refractivity contribution in [3.8, 4) is 0 Å². The summed E-state index contributed by atoms with van der Waals surface area (Å²) in [5, 5.41) is 9.41. The fourth-order valence-corrected chi connectivity index (χ4v) is 4.65. The summed E-state index contributed by atoms with van der Waals surface area (Å²) in [6.07, 6.45) is 0.980. The van der Waals surface area contributed by atoms with Crippen molar-refractivity contribution in [2.45, 2.75) is 24.0 Å². The van der Waals surface area contributed by atoms with Gasteiger partial charge in [0.1, 0.15) is 0 Å². The van der Waals surface area contributed by atoms with Gasteiger partial charge in [-0.1, -0.05) is 12.1 Å². The molecule has 1 aliphatic heterocycles. The van der Waals surface area contributed by atoms with E-state index in [2.05, 4.69) is 4.74 Å². The van der Waals surface area contributed by atoms with Crippen LogP contribution in [0.2, 0.25) is 0 Å². The molecule has 21 heavy (non-hydrogen) atoms. The predicted molar refractivity (Wildman–Crippen MR) is 74.7 cm³/mol. The third-order valence-electron chi connectivity index (χ3n) is 3.66. The molecule has 7 nitrogen and oxygen atoms in total. The van der Waals surface area contributed by atoms with Crippen LogP contribution in [0.3, 0.4) is 0 Å². The number of non-ortho nitro benzene ring substituents is 1. The Kier molecular flexibility index (Phi) is 4.26. The number of nitro groups is 1. The van der Waals surface area contributed by atoms with Crippen LogP contribution in [-0.2, 0) is 19.4 Å². The first kappa shape index (κ1) is 15.4. The normalized spacial score (nSPS) is 24.2. The monoisotopic (exact) mass is 313 g/mol. The van der Waals surface area contributed by atoms with Gasteiger partial charge in [0.05, 0.1) is 17.8 Å². The summed E-state index contributed by atoms with van der Waals surface area (Å²) in [5.41, 5.74) is 0.520. The van der Waals surface area contributed by atoms with Gasteiger partial charge in [-0.3, -0.25) is 14.9 Å². The molecule has 1 aromatic rings. The number of methoxy groups -OCH3 is 1. The second-order valence-electron chi connectivity index (χ2n) is 4.91. The van der Waals surface area contributed by atoms with Crippen molar-refractivity contribution in [3.05, 3.63) is 39.9 Å². The van der Waals surface area contributed by atoms with Crippen molar-refractivity contribution in [1.29, 1.82) is 0 Å². The van der Waals surface area contributed by atoms with Crippen molar-refractivity contribution >= 4 is 21.5 Å². The molecule has 0 unspecified atom stereocenters. The van der Waals surface area contributed by atoms with E-state index in [1.54, 1.807) is 0 Å². The lowest BCUT2D eigenvalue weighted by atomic mass is 9.90. The minimum atomic E-state index is -3.57. The average Bonchev–Trinajstić information content (AvgIpc) is 2.45. The van der Waals surface area contributed by atoms with E-state index < -0.39 is 31.9 Å². The van der Waals surface area contributed by atoms with E-state index in [0.717, 1.165) is 7.11 Å². The van der Waals surface area contributed by atoms with Gasteiger partial charge in [0.2, 0.25) is 0 Å². The van der Waals surface area contributed by atoms with E-state index in [-0.39, 0.29) is 11.4 Å². The number of nitro benzene ring substituents is 1. The number of hydrogen-bond acceptors (Lipinski definition) is 6. The smallest absolute Gasteiger partial charge is 0.324 e. The van der Waals surface area contributed by atoms with Crippen LogP contribution in [0.25, 0.3) is 0 Å². The van der Waals surface area contributed by atoms with Gasteiger partial charge in [-0.25, -0.2) is 8.42 Å². The Morgan fingerprint density at radius 3 is 2.48 bits per heavy atom. The number of esters is 1. The van der Waals surface area contributed by atoms with Crippen LogP contribution in [0.5, 0.6) is 0 Å². The second-order valence-corrected chi connectivity index (χ2v) is 7.15. The highest BCUT2D eigenvalue weighted by molar-refractivity contribution is 7.92. The van der Waals surface area contributed by atoms with Gasteiger partial charge in [-0.15, -0.1) is 0 Å². The number of ether oxygens (including phenoxy) is 1. The van der Waals surface area contributed by atoms with Crippen LogP contribution in [0.4, 0.5) is 5.69 Å². The molecule has 0 radical (unpaired) electrons. The molecule has 0 aliphatic carbocycles. The Morgan fingerprint density at radius 2 is 1.95 bits per heavy atom. The lowest BCUT2D eigenvalue weighted by molar-refractivity contribution is -0.384. The van der Waals surface area contributed by atoms with E-state index in [1.165, 1.54) is 24.3 Å². The van der Waals surface area contributed by atoms with E-state index in [9.17, 15) is 23.3 Å². The molecule has 1 aliphatic rings. The summed E-state index contributed by atoms with van der Waals surface area (Å²) in [5.74, 6) is -1.36. The van der Waals surface area contributed by atoms with Crippen molar-refractivity contribution in [3.63, 3.8) is 0 Å². The maximum absolute atomic E-state index is 12.1. The number of benzene rings is 1. The van der Waals surface area contributed by atoms with Crippen molar-refractivity contribution < 1.29 is 22.9 Å². The summed E-state index contributed by atoms with van der Waals surface area (Å²) in [6, 6.07) is 5.62. The molecular formula is C13H15NO6S. The molecule has 8 heteroatoms. The Balaban J connectivity index is 2.39. The summed E-state index contributed by atoms with van der Waals surface area (Å²) in [6.45, 7) is 0.